The highest BCUT2D eigenvalue weighted by Gasteiger charge is 2.09. The number of halogens is 1. The molecule has 0 fully saturated rings. The van der Waals surface area contributed by atoms with Crippen molar-refractivity contribution in [3.05, 3.63) is 35.6 Å². The molecule has 0 aliphatic carbocycles. The molecule has 0 saturated heterocycles. The zero-order chi connectivity index (χ0) is 12.0. The van der Waals surface area contributed by atoms with Gasteiger partial charge in [0, 0.05) is 6.04 Å². The van der Waals surface area contributed by atoms with Gasteiger partial charge in [0.15, 0.2) is 0 Å². The molecule has 2 heteroatoms. The summed E-state index contributed by atoms with van der Waals surface area (Å²) in [6.45, 7) is 4.45. The summed E-state index contributed by atoms with van der Waals surface area (Å²) in [7, 11) is 2.01. The summed E-state index contributed by atoms with van der Waals surface area (Å²) in [6, 6.07) is 7.46. The first-order valence-corrected chi connectivity index (χ1v) is 6.05. The van der Waals surface area contributed by atoms with E-state index < -0.39 is 0 Å². The molecule has 0 aliphatic rings. The molecule has 1 N–H and O–H groups in total. The van der Waals surface area contributed by atoms with Crippen molar-refractivity contribution < 1.29 is 4.39 Å². The number of hydrogen-bond acceptors (Lipinski definition) is 1. The minimum Gasteiger partial charge on any atom is -0.317 e. The molecule has 0 aromatic heterocycles. The maximum absolute atomic E-state index is 12.9. The number of rotatable bonds is 6. The van der Waals surface area contributed by atoms with Crippen LogP contribution in [0.25, 0.3) is 0 Å². The van der Waals surface area contributed by atoms with Crippen LogP contribution < -0.4 is 5.32 Å². The Balaban J connectivity index is 2.35. The molecule has 0 bridgehead atoms. The maximum atomic E-state index is 12.9. The fourth-order valence-electron chi connectivity index (χ4n) is 2.03. The van der Waals surface area contributed by atoms with Gasteiger partial charge in [-0.2, -0.15) is 0 Å². The molecule has 0 radical (unpaired) electrons. The second kappa shape index (κ2) is 6.64. The summed E-state index contributed by atoms with van der Waals surface area (Å²) >= 11 is 0. The van der Waals surface area contributed by atoms with Gasteiger partial charge in [-0.3, -0.25) is 0 Å². The third-order valence-electron chi connectivity index (χ3n) is 3.05. The number of hydrogen-bond donors (Lipinski definition) is 1. The molecule has 0 saturated carbocycles. The van der Waals surface area contributed by atoms with Gasteiger partial charge in [-0.15, -0.1) is 0 Å². The fraction of sp³-hybridized carbons (Fsp3) is 0.571. The summed E-state index contributed by atoms with van der Waals surface area (Å²) in [5, 5.41) is 3.33. The van der Waals surface area contributed by atoms with Gasteiger partial charge in [-0.1, -0.05) is 26.0 Å². The van der Waals surface area contributed by atoms with Crippen LogP contribution in [0, 0.1) is 11.7 Å². The molecular formula is C14H22FN. The largest absolute Gasteiger partial charge is 0.317 e. The summed E-state index contributed by atoms with van der Waals surface area (Å²) in [5.74, 6) is 0.518. The van der Waals surface area contributed by atoms with Crippen LogP contribution in [0.3, 0.4) is 0 Å². The molecule has 0 heterocycles. The van der Waals surface area contributed by atoms with Crippen molar-refractivity contribution in [1.29, 1.82) is 0 Å². The van der Waals surface area contributed by atoms with Crippen LogP contribution in [0.2, 0.25) is 0 Å². The molecule has 90 valence electrons. The smallest absolute Gasteiger partial charge is 0.123 e. The highest BCUT2D eigenvalue weighted by molar-refractivity contribution is 5.16. The predicted octanol–water partition coefficient (Wildman–Crippen LogP) is 3.39. The summed E-state index contributed by atoms with van der Waals surface area (Å²) in [4.78, 5) is 0. The average molecular weight is 223 g/mol. The Morgan fingerprint density at radius 2 is 2.06 bits per heavy atom. The van der Waals surface area contributed by atoms with Crippen molar-refractivity contribution >= 4 is 0 Å². The normalized spacial score (nSPS) is 13.1. The Bertz CT molecular complexity index is 309. The Morgan fingerprint density at radius 1 is 1.31 bits per heavy atom. The number of nitrogens with one attached hydrogen (secondary N) is 1. The lowest BCUT2D eigenvalue weighted by molar-refractivity contribution is 0.393. The van der Waals surface area contributed by atoms with Crippen LogP contribution >= 0.6 is 0 Å². The van der Waals surface area contributed by atoms with Crippen LogP contribution in [0.15, 0.2) is 24.3 Å². The van der Waals surface area contributed by atoms with E-state index in [-0.39, 0.29) is 5.82 Å². The highest BCUT2D eigenvalue weighted by atomic mass is 19.1. The van der Waals surface area contributed by atoms with E-state index in [0.717, 1.165) is 24.8 Å². The third kappa shape index (κ3) is 4.31. The summed E-state index contributed by atoms with van der Waals surface area (Å²) in [5.41, 5.74) is 1.10. The van der Waals surface area contributed by atoms with E-state index in [1.165, 1.54) is 6.07 Å². The topological polar surface area (TPSA) is 12.0 Å². The maximum Gasteiger partial charge on any atom is 0.123 e. The van der Waals surface area contributed by atoms with Gasteiger partial charge in [-0.05, 0) is 49.9 Å². The van der Waals surface area contributed by atoms with Crippen molar-refractivity contribution in [2.24, 2.45) is 5.92 Å². The molecule has 1 unspecified atom stereocenters. The van der Waals surface area contributed by atoms with Gasteiger partial charge in [0.2, 0.25) is 0 Å². The number of aryl methyl sites for hydroxylation is 1. The van der Waals surface area contributed by atoms with Gasteiger partial charge in [-0.25, -0.2) is 4.39 Å². The number of benzene rings is 1. The first kappa shape index (κ1) is 13.2. The lowest BCUT2D eigenvalue weighted by Crippen LogP contribution is -2.30. The Kier molecular flexibility index (Phi) is 5.47. The standard InChI is InChI=1S/C14H22FN/c1-11(2)14(16-3)9-5-7-12-6-4-8-13(15)10-12/h4,6,8,10-11,14,16H,5,7,9H2,1-3H3. The minimum atomic E-state index is -0.133. The first-order chi connectivity index (χ1) is 7.63. The van der Waals surface area contributed by atoms with Gasteiger partial charge in [0.05, 0.1) is 0 Å². The lowest BCUT2D eigenvalue weighted by Gasteiger charge is -2.19. The Morgan fingerprint density at radius 3 is 2.62 bits per heavy atom. The van der Waals surface area contributed by atoms with E-state index in [1.807, 2.05) is 13.1 Å². The predicted molar refractivity (Wildman–Crippen MR) is 67.0 cm³/mol. The van der Waals surface area contributed by atoms with E-state index in [2.05, 4.69) is 19.2 Å². The average Bonchev–Trinajstić information content (AvgIpc) is 2.24. The van der Waals surface area contributed by atoms with E-state index in [4.69, 9.17) is 0 Å². The van der Waals surface area contributed by atoms with Gasteiger partial charge in [0.25, 0.3) is 0 Å². The molecular weight excluding hydrogens is 201 g/mol. The van der Waals surface area contributed by atoms with Crippen molar-refractivity contribution in [1.82, 2.24) is 5.32 Å². The van der Waals surface area contributed by atoms with Crippen molar-refractivity contribution in [3.8, 4) is 0 Å². The van der Waals surface area contributed by atoms with E-state index in [0.29, 0.717) is 12.0 Å². The van der Waals surface area contributed by atoms with Crippen molar-refractivity contribution in [2.45, 2.75) is 39.2 Å². The quantitative estimate of drug-likeness (QED) is 0.779. The monoisotopic (exact) mass is 223 g/mol. The molecule has 1 aromatic rings. The summed E-state index contributed by atoms with van der Waals surface area (Å²) in [6.07, 6.45) is 3.21. The zero-order valence-corrected chi connectivity index (χ0v) is 10.5. The first-order valence-electron chi connectivity index (χ1n) is 6.05. The molecule has 0 amide bonds. The van der Waals surface area contributed by atoms with Crippen LogP contribution in [0.1, 0.15) is 32.3 Å². The fourth-order valence-corrected chi connectivity index (χ4v) is 2.03. The molecule has 0 aliphatic heterocycles. The second-order valence-corrected chi connectivity index (χ2v) is 4.66. The van der Waals surface area contributed by atoms with Crippen LogP contribution in [0.4, 0.5) is 4.39 Å². The molecule has 1 rings (SSSR count). The molecule has 1 aromatic carbocycles. The third-order valence-corrected chi connectivity index (χ3v) is 3.05. The minimum absolute atomic E-state index is 0.133. The highest BCUT2D eigenvalue weighted by Crippen LogP contribution is 2.12. The lowest BCUT2D eigenvalue weighted by atomic mass is 9.97. The Hall–Kier alpha value is -0.890. The van der Waals surface area contributed by atoms with E-state index >= 15 is 0 Å². The van der Waals surface area contributed by atoms with Crippen LogP contribution in [0.5, 0.6) is 0 Å². The Labute approximate surface area is 98.1 Å². The summed E-state index contributed by atoms with van der Waals surface area (Å²) < 4.78 is 12.9. The van der Waals surface area contributed by atoms with E-state index in [9.17, 15) is 4.39 Å². The molecule has 1 atom stereocenters. The van der Waals surface area contributed by atoms with Gasteiger partial charge >= 0.3 is 0 Å². The van der Waals surface area contributed by atoms with Crippen molar-refractivity contribution in [2.75, 3.05) is 7.05 Å². The van der Waals surface area contributed by atoms with Crippen molar-refractivity contribution in [3.63, 3.8) is 0 Å². The SMILES string of the molecule is CNC(CCCc1cccc(F)c1)C(C)C. The van der Waals surface area contributed by atoms with Gasteiger partial charge < -0.3 is 5.32 Å². The van der Waals surface area contributed by atoms with Crippen LogP contribution in [-0.2, 0) is 6.42 Å². The second-order valence-electron chi connectivity index (χ2n) is 4.66. The van der Waals surface area contributed by atoms with Gasteiger partial charge in [0.1, 0.15) is 5.82 Å². The molecule has 0 spiro atoms. The molecule has 16 heavy (non-hydrogen) atoms. The molecule has 1 nitrogen and oxygen atoms in total. The van der Waals surface area contributed by atoms with E-state index in [1.54, 1.807) is 12.1 Å². The van der Waals surface area contributed by atoms with Crippen LogP contribution in [-0.4, -0.2) is 13.1 Å². The zero-order valence-electron chi connectivity index (χ0n) is 10.5.